The molecule has 2 aromatic heterocycles. The average molecular weight is 653 g/mol. The predicted octanol–water partition coefficient (Wildman–Crippen LogP) is 6.05. The average Bonchev–Trinajstić information content (AvgIpc) is 3.39. The van der Waals surface area contributed by atoms with Gasteiger partial charge in [0.05, 0.1) is 23.1 Å². The van der Waals surface area contributed by atoms with Crippen molar-refractivity contribution < 1.29 is 45.9 Å². The van der Waals surface area contributed by atoms with Gasteiger partial charge in [-0.3, -0.25) is 14.9 Å². The third-order valence-corrected chi connectivity index (χ3v) is 7.33. The van der Waals surface area contributed by atoms with Crippen LogP contribution >= 0.6 is 0 Å². The van der Waals surface area contributed by atoms with Gasteiger partial charge in [-0.2, -0.15) is 0 Å². The summed E-state index contributed by atoms with van der Waals surface area (Å²) in [7, 11) is 0. The molecule has 5 rings (SSSR count). The molecule has 1 aromatic carbocycles. The molecule has 12 nitrogen and oxygen atoms in total. The number of halogens is 5. The maximum Gasteiger partial charge on any atom is 0.573 e. The van der Waals surface area contributed by atoms with E-state index in [1.807, 2.05) is 0 Å². The fraction of sp³-hybridized carbons (Fsp3) is 0.448. The molecule has 0 radical (unpaired) electrons. The van der Waals surface area contributed by atoms with Gasteiger partial charge in [0.25, 0.3) is 17.5 Å². The number of nitro benzene ring substituents is 1. The highest BCUT2D eigenvalue weighted by atomic mass is 19.4. The van der Waals surface area contributed by atoms with Crippen molar-refractivity contribution in [2.45, 2.75) is 57.4 Å². The van der Waals surface area contributed by atoms with Crippen LogP contribution in [0, 0.1) is 10.1 Å². The zero-order valence-electron chi connectivity index (χ0n) is 24.9. The van der Waals surface area contributed by atoms with E-state index >= 15 is 0 Å². The van der Waals surface area contributed by atoms with Crippen LogP contribution in [0.4, 0.5) is 32.4 Å². The first kappa shape index (κ1) is 32.6. The number of pyridine rings is 1. The summed E-state index contributed by atoms with van der Waals surface area (Å²) in [6, 6.07) is 3.99. The number of nitrogens with one attached hydrogen (secondary N) is 1. The van der Waals surface area contributed by atoms with E-state index < -0.39 is 70.7 Å². The van der Waals surface area contributed by atoms with Crippen molar-refractivity contribution >= 4 is 34.4 Å². The first-order valence-corrected chi connectivity index (χ1v) is 14.1. The third kappa shape index (κ3) is 7.34. The van der Waals surface area contributed by atoms with E-state index in [2.05, 4.69) is 19.7 Å². The summed E-state index contributed by atoms with van der Waals surface area (Å²) in [6.07, 6.45) is -2.97. The zero-order chi connectivity index (χ0) is 33.6. The van der Waals surface area contributed by atoms with Gasteiger partial charge >= 0.3 is 12.5 Å². The van der Waals surface area contributed by atoms with Gasteiger partial charge in [-0.05, 0) is 51.0 Å². The van der Waals surface area contributed by atoms with Crippen molar-refractivity contribution in [3.8, 4) is 5.75 Å². The minimum absolute atomic E-state index is 0.0244. The van der Waals surface area contributed by atoms with Crippen molar-refractivity contribution in [1.82, 2.24) is 24.8 Å². The van der Waals surface area contributed by atoms with Gasteiger partial charge in [0.1, 0.15) is 22.7 Å². The number of carbonyl (C=O) groups is 2. The number of piperidine rings is 1. The van der Waals surface area contributed by atoms with E-state index in [0.717, 1.165) is 22.6 Å². The summed E-state index contributed by atoms with van der Waals surface area (Å²) in [5.41, 5.74) is 0.0579. The minimum Gasteiger partial charge on any atom is -0.444 e. The highest BCUT2D eigenvalue weighted by molar-refractivity contribution is 5.99. The van der Waals surface area contributed by atoms with Crippen LogP contribution in [0.3, 0.4) is 0 Å². The van der Waals surface area contributed by atoms with E-state index in [-0.39, 0.29) is 37.5 Å². The number of hydrogen-bond acceptors (Lipinski definition) is 8. The maximum absolute atomic E-state index is 14.8. The van der Waals surface area contributed by atoms with Crippen molar-refractivity contribution in [1.29, 1.82) is 0 Å². The van der Waals surface area contributed by atoms with Gasteiger partial charge in [0.2, 0.25) is 0 Å². The van der Waals surface area contributed by atoms with Gasteiger partial charge in [-0.25, -0.2) is 23.5 Å². The van der Waals surface area contributed by atoms with Crippen LogP contribution in [-0.4, -0.2) is 85.7 Å². The minimum atomic E-state index is -5.07. The molecule has 3 aromatic rings. The lowest BCUT2D eigenvalue weighted by molar-refractivity contribution is -0.385. The Morgan fingerprint density at radius 2 is 1.89 bits per heavy atom. The van der Waals surface area contributed by atoms with E-state index in [9.17, 15) is 41.7 Å². The zero-order valence-corrected chi connectivity index (χ0v) is 24.9. The number of likely N-dealkylation sites (tertiary alicyclic amines) is 1. The molecule has 0 unspecified atom stereocenters. The lowest BCUT2D eigenvalue weighted by atomic mass is 9.94. The number of imidazole rings is 1. The normalized spacial score (nSPS) is 18.7. The number of benzene rings is 1. The number of H-pyrrole nitrogens is 1. The Balaban J connectivity index is 1.36. The molecule has 246 valence electrons. The topological polar surface area (TPSA) is 144 Å². The molecule has 2 aliphatic rings. The highest BCUT2D eigenvalue weighted by Crippen LogP contribution is 2.38. The first-order chi connectivity index (χ1) is 21.4. The summed E-state index contributed by atoms with van der Waals surface area (Å²) in [5.74, 6) is -5.38. The number of nitrogens with zero attached hydrogens (tertiary/aromatic N) is 5. The summed E-state index contributed by atoms with van der Waals surface area (Å²) < 4.78 is 76.3. The van der Waals surface area contributed by atoms with Crippen molar-refractivity contribution in [2.75, 3.05) is 26.2 Å². The molecule has 1 atom stereocenters. The second-order valence-corrected chi connectivity index (χ2v) is 12.0. The Morgan fingerprint density at radius 3 is 2.52 bits per heavy atom. The fourth-order valence-electron chi connectivity index (χ4n) is 5.45. The Bertz CT molecular complexity index is 1720. The molecule has 0 aliphatic carbocycles. The molecule has 2 amide bonds. The molecule has 1 saturated heterocycles. The number of ether oxygens (including phenoxy) is 2. The van der Waals surface area contributed by atoms with Crippen LogP contribution in [0.5, 0.6) is 5.75 Å². The van der Waals surface area contributed by atoms with Gasteiger partial charge in [0.15, 0.2) is 5.65 Å². The van der Waals surface area contributed by atoms with Crippen LogP contribution in [-0.2, 0) is 4.74 Å². The van der Waals surface area contributed by atoms with Crippen LogP contribution in [0.2, 0.25) is 0 Å². The number of amides is 2. The lowest BCUT2D eigenvalue weighted by Gasteiger charge is -2.37. The second-order valence-electron chi connectivity index (χ2n) is 12.0. The standard InChI is InChI=1S/C29H29F5N6O6/c1-27(2,3)46-26(42)39-14-17(13-28(30,31)15-39)23-36-22-19(6-9-35-24(22)37-23)16-7-10-38(11-8-16)25(41)20-5-4-18(45-29(32,33)34)12-21(20)40(43)44/h4-7,9,12,17H,8,10-11,13-15H2,1-3H3,(H,35,36,37)/t17-/m1/s1. The molecule has 0 spiro atoms. The molecular weight excluding hydrogens is 623 g/mol. The molecular formula is C29H29F5N6O6. The number of aromatic amines is 1. The van der Waals surface area contributed by atoms with Crippen molar-refractivity contribution in [3.63, 3.8) is 0 Å². The summed E-state index contributed by atoms with van der Waals surface area (Å²) in [4.78, 5) is 50.4. The van der Waals surface area contributed by atoms with Crippen molar-refractivity contribution in [3.05, 3.63) is 63.6 Å². The van der Waals surface area contributed by atoms with E-state index in [4.69, 9.17) is 4.74 Å². The highest BCUT2D eigenvalue weighted by Gasteiger charge is 2.45. The molecule has 17 heteroatoms. The van der Waals surface area contributed by atoms with Crippen LogP contribution in [0.1, 0.15) is 61.3 Å². The van der Waals surface area contributed by atoms with E-state index in [1.54, 1.807) is 32.9 Å². The summed E-state index contributed by atoms with van der Waals surface area (Å²) >= 11 is 0. The Labute approximate surface area is 258 Å². The number of nitro groups is 1. The monoisotopic (exact) mass is 652 g/mol. The van der Waals surface area contributed by atoms with Gasteiger partial charge in [-0.1, -0.05) is 6.08 Å². The Hall–Kier alpha value is -4.83. The predicted molar refractivity (Wildman–Crippen MR) is 152 cm³/mol. The molecule has 0 bridgehead atoms. The SMILES string of the molecule is CC(C)(C)OC(=O)N1C[C@H](c2nc3nccc(C4=CCN(C(=O)c5ccc(OC(F)(F)F)cc5[N+](=O)[O-])CC4)c3[nH]2)CC(F)(F)C1. The number of hydrogen-bond donors (Lipinski definition) is 1. The van der Waals surface area contributed by atoms with Gasteiger partial charge in [-0.15, -0.1) is 13.2 Å². The largest absolute Gasteiger partial charge is 0.573 e. The number of fused-ring (bicyclic) bond motifs is 1. The van der Waals surface area contributed by atoms with Crippen LogP contribution in [0.15, 0.2) is 36.5 Å². The molecule has 1 fully saturated rings. The van der Waals surface area contributed by atoms with Crippen molar-refractivity contribution in [2.24, 2.45) is 0 Å². The summed E-state index contributed by atoms with van der Waals surface area (Å²) in [6.45, 7) is 4.25. The smallest absolute Gasteiger partial charge is 0.444 e. The Kier molecular flexibility index (Phi) is 8.38. The van der Waals surface area contributed by atoms with Gasteiger partial charge < -0.3 is 24.3 Å². The molecule has 2 aliphatic heterocycles. The molecule has 0 saturated carbocycles. The van der Waals surface area contributed by atoms with Crippen LogP contribution < -0.4 is 4.74 Å². The number of alkyl halides is 5. The molecule has 1 N–H and O–H groups in total. The molecule has 46 heavy (non-hydrogen) atoms. The number of carbonyl (C=O) groups excluding carboxylic acids is 2. The number of aromatic nitrogens is 3. The molecule has 4 heterocycles. The fourth-order valence-corrected chi connectivity index (χ4v) is 5.45. The Morgan fingerprint density at radius 1 is 1.15 bits per heavy atom. The maximum atomic E-state index is 14.8. The number of rotatable bonds is 5. The van der Waals surface area contributed by atoms with Gasteiger partial charge in [0, 0.05) is 43.7 Å². The second kappa shape index (κ2) is 11.8. The van der Waals surface area contributed by atoms with E-state index in [0.29, 0.717) is 17.1 Å². The lowest BCUT2D eigenvalue weighted by Crippen LogP contribution is -2.50. The summed E-state index contributed by atoms with van der Waals surface area (Å²) in [5, 5.41) is 11.6. The quantitative estimate of drug-likeness (QED) is 0.199. The third-order valence-electron chi connectivity index (χ3n) is 7.33. The van der Waals surface area contributed by atoms with E-state index in [1.165, 1.54) is 11.1 Å². The first-order valence-electron chi connectivity index (χ1n) is 14.1. The van der Waals surface area contributed by atoms with Crippen LogP contribution in [0.25, 0.3) is 16.7 Å².